The number of furan rings is 1. The van der Waals surface area contributed by atoms with Crippen molar-refractivity contribution in [3.63, 3.8) is 0 Å². The van der Waals surface area contributed by atoms with Crippen LogP contribution in [0.15, 0.2) is 71.1 Å². The molecule has 0 aliphatic carbocycles. The predicted molar refractivity (Wildman–Crippen MR) is 167 cm³/mol. The number of aryl methyl sites for hydroxylation is 1. The van der Waals surface area contributed by atoms with E-state index in [2.05, 4.69) is 5.32 Å². The highest BCUT2D eigenvalue weighted by atomic mass is 32.2. The molecule has 0 aliphatic rings. The van der Waals surface area contributed by atoms with E-state index in [4.69, 9.17) is 13.9 Å². The molecule has 1 N–H and O–H groups in total. The van der Waals surface area contributed by atoms with E-state index in [1.54, 1.807) is 50.2 Å². The molecule has 2 unspecified atom stereocenters. The summed E-state index contributed by atoms with van der Waals surface area (Å²) in [7, 11) is 5.18. The fraction of sp³-hybridized carbons (Fsp3) is 0.312. The van der Waals surface area contributed by atoms with E-state index in [9.17, 15) is 18.4 Å². The second kappa shape index (κ2) is 13.9. The minimum atomic E-state index is -2.69. The summed E-state index contributed by atoms with van der Waals surface area (Å²) in [5.74, 6) is -0.428. The van der Waals surface area contributed by atoms with E-state index in [1.165, 1.54) is 7.11 Å². The zero-order chi connectivity index (χ0) is 31.3. The average molecular weight is 607 g/mol. The molecule has 10 nitrogen and oxygen atoms in total. The van der Waals surface area contributed by atoms with Gasteiger partial charge in [-0.2, -0.15) is 0 Å². The number of hydrogen-bond donors (Lipinski definition) is 1. The number of hydrogen-bond acceptors (Lipinski definition) is 8. The summed E-state index contributed by atoms with van der Waals surface area (Å²) in [6.45, 7) is 6.62. The van der Waals surface area contributed by atoms with Gasteiger partial charge in [0.1, 0.15) is 24.0 Å². The molecule has 1 heterocycles. The first-order valence-electron chi connectivity index (χ1n) is 13.8. The third-order valence-corrected chi connectivity index (χ3v) is 7.76. The Kier molecular flexibility index (Phi) is 10.2. The molecular weight excluding hydrogens is 570 g/mol. The molecule has 3 aromatic carbocycles. The van der Waals surface area contributed by atoms with Crippen molar-refractivity contribution >= 4 is 45.5 Å². The maximum atomic E-state index is 13.2. The first-order chi connectivity index (χ1) is 20.5. The molecule has 0 spiro atoms. The Hall–Kier alpha value is -4.19. The number of nitrogens with zero attached hydrogens (tertiary/aromatic N) is 2. The van der Waals surface area contributed by atoms with Gasteiger partial charge in [0.15, 0.2) is 5.76 Å². The van der Waals surface area contributed by atoms with Crippen molar-refractivity contribution in [3.8, 4) is 16.9 Å². The first-order valence-corrected chi connectivity index (χ1v) is 14.8. The number of anilines is 2. The minimum absolute atomic E-state index is 0.213. The van der Waals surface area contributed by atoms with Crippen LogP contribution < -0.4 is 14.4 Å². The normalized spacial score (nSPS) is 12.8. The van der Waals surface area contributed by atoms with Gasteiger partial charge in [-0.1, -0.05) is 44.2 Å². The van der Waals surface area contributed by atoms with Gasteiger partial charge < -0.3 is 28.7 Å². The van der Waals surface area contributed by atoms with Gasteiger partial charge in [-0.25, -0.2) is 4.79 Å². The Balaban J connectivity index is 1.49. The summed E-state index contributed by atoms with van der Waals surface area (Å²) >= 11 is -2.69. The number of carbonyl (C=O) groups is 2. The van der Waals surface area contributed by atoms with Crippen molar-refractivity contribution in [3.05, 3.63) is 78.1 Å². The summed E-state index contributed by atoms with van der Waals surface area (Å²) in [6, 6.07) is 18.6. The highest BCUT2D eigenvalue weighted by molar-refractivity contribution is 7.80. The van der Waals surface area contributed by atoms with Crippen LogP contribution in [-0.2, 0) is 20.8 Å². The molecule has 0 aliphatic heterocycles. The number of amides is 1. The lowest BCUT2D eigenvalue weighted by molar-refractivity contribution is -0.142. The minimum Gasteiger partial charge on any atom is -0.755 e. The van der Waals surface area contributed by atoms with Crippen LogP contribution >= 0.6 is 0 Å². The lowest BCUT2D eigenvalue weighted by atomic mass is 10.0. The maximum absolute atomic E-state index is 13.2. The molecule has 0 saturated heterocycles. The van der Waals surface area contributed by atoms with Gasteiger partial charge in [-0.05, 0) is 74.5 Å². The molecular formula is C32H36N3O7S-. The quantitative estimate of drug-likeness (QED) is 0.168. The third kappa shape index (κ3) is 7.24. The van der Waals surface area contributed by atoms with Gasteiger partial charge in [-0.15, -0.1) is 0 Å². The Morgan fingerprint density at radius 1 is 1.00 bits per heavy atom. The highest BCUT2D eigenvalue weighted by Crippen LogP contribution is 2.34. The Labute approximate surface area is 254 Å². The van der Waals surface area contributed by atoms with Gasteiger partial charge in [0.2, 0.25) is 0 Å². The van der Waals surface area contributed by atoms with Gasteiger partial charge in [0, 0.05) is 34.7 Å². The number of rotatable bonds is 12. The Morgan fingerprint density at radius 3 is 2.19 bits per heavy atom. The summed E-state index contributed by atoms with van der Waals surface area (Å²) in [6.07, 6.45) is 0. The number of carbonyl (C=O) groups excluding carboxylic acids is 2. The second-order valence-electron chi connectivity index (χ2n) is 10.7. The SMILES string of the molecule is COC(=O)C(C(C)C)N(c1ccc(-c2ccc(NC(=O)c3oc4cccc(OCCN(C)C)c4c3C)cc2)cc1)S(=O)[O-]. The van der Waals surface area contributed by atoms with Gasteiger partial charge in [0.05, 0.1) is 12.5 Å². The topological polar surface area (TPSA) is 124 Å². The molecule has 2 atom stereocenters. The van der Waals surface area contributed by atoms with E-state index < -0.39 is 23.3 Å². The van der Waals surface area contributed by atoms with Crippen molar-refractivity contribution in [2.75, 3.05) is 44.0 Å². The fourth-order valence-electron chi connectivity index (χ4n) is 4.77. The number of nitrogens with one attached hydrogen (secondary N) is 1. The van der Waals surface area contributed by atoms with E-state index in [0.717, 1.165) is 27.4 Å². The molecule has 1 amide bonds. The van der Waals surface area contributed by atoms with E-state index in [-0.39, 0.29) is 17.6 Å². The number of benzene rings is 3. The van der Waals surface area contributed by atoms with Crippen molar-refractivity contribution in [2.45, 2.75) is 26.8 Å². The summed E-state index contributed by atoms with van der Waals surface area (Å²) in [5, 5.41) is 3.67. The lowest BCUT2D eigenvalue weighted by Crippen LogP contribution is -2.46. The smallest absolute Gasteiger partial charge is 0.329 e. The number of esters is 1. The molecule has 0 saturated carbocycles. The molecule has 43 heavy (non-hydrogen) atoms. The molecule has 11 heteroatoms. The molecule has 4 aromatic rings. The van der Waals surface area contributed by atoms with E-state index in [1.807, 2.05) is 56.3 Å². The number of likely N-dealkylation sites (N-methyl/N-ethyl adjacent to an activating group) is 1. The molecule has 0 fully saturated rings. The van der Waals surface area contributed by atoms with Crippen LogP contribution in [0.2, 0.25) is 0 Å². The van der Waals surface area contributed by atoms with Crippen LogP contribution in [0.1, 0.15) is 30.0 Å². The van der Waals surface area contributed by atoms with Crippen LogP contribution in [0, 0.1) is 12.8 Å². The molecule has 0 bridgehead atoms. The molecule has 1 aromatic heterocycles. The standard InChI is InChI=1S/C32H37N3O7S/c1-20(2)29(32(37)40-6)35(43(38)39)25-16-12-23(13-17-25)22-10-14-24(15-11-22)33-31(36)30-21(3)28-26(41-19-18-34(4)5)8-7-9-27(28)42-30/h7-17,20,29H,18-19H2,1-6H3,(H,33,36)(H,38,39)/p-1. The number of ether oxygens (including phenoxy) is 2. The van der Waals surface area contributed by atoms with Crippen LogP contribution in [0.4, 0.5) is 11.4 Å². The Bertz CT molecular complexity index is 1600. The van der Waals surface area contributed by atoms with Gasteiger partial charge in [0.25, 0.3) is 5.91 Å². The summed E-state index contributed by atoms with van der Waals surface area (Å²) < 4.78 is 41.9. The zero-order valence-electron chi connectivity index (χ0n) is 25.1. The van der Waals surface area contributed by atoms with Crippen molar-refractivity contribution in [1.29, 1.82) is 0 Å². The zero-order valence-corrected chi connectivity index (χ0v) is 25.9. The number of methoxy groups -OCH3 is 1. The highest BCUT2D eigenvalue weighted by Gasteiger charge is 2.31. The fourth-order valence-corrected chi connectivity index (χ4v) is 5.58. The first kappa shape index (κ1) is 31.7. The summed E-state index contributed by atoms with van der Waals surface area (Å²) in [4.78, 5) is 27.5. The second-order valence-corrected chi connectivity index (χ2v) is 11.5. The van der Waals surface area contributed by atoms with Gasteiger partial charge in [-0.3, -0.25) is 13.3 Å². The molecule has 228 valence electrons. The molecule has 4 rings (SSSR count). The van der Waals surface area contributed by atoms with Crippen molar-refractivity contribution in [2.24, 2.45) is 5.92 Å². The van der Waals surface area contributed by atoms with Crippen LogP contribution in [0.3, 0.4) is 0 Å². The Morgan fingerprint density at radius 2 is 1.63 bits per heavy atom. The monoisotopic (exact) mass is 606 g/mol. The largest absolute Gasteiger partial charge is 0.755 e. The van der Waals surface area contributed by atoms with Crippen LogP contribution in [-0.4, -0.2) is 65.9 Å². The van der Waals surface area contributed by atoms with Crippen LogP contribution in [0.25, 0.3) is 22.1 Å². The average Bonchev–Trinajstić information content (AvgIpc) is 3.32. The third-order valence-electron chi connectivity index (χ3n) is 7.00. The predicted octanol–water partition coefficient (Wildman–Crippen LogP) is 5.40. The van der Waals surface area contributed by atoms with Crippen LogP contribution in [0.5, 0.6) is 5.75 Å². The summed E-state index contributed by atoms with van der Waals surface area (Å²) in [5.41, 5.74) is 3.88. The molecule has 0 radical (unpaired) electrons. The van der Waals surface area contributed by atoms with E-state index >= 15 is 0 Å². The lowest BCUT2D eigenvalue weighted by Gasteiger charge is -2.35. The number of fused-ring (bicyclic) bond motifs is 1. The van der Waals surface area contributed by atoms with Gasteiger partial charge >= 0.3 is 5.97 Å². The van der Waals surface area contributed by atoms with E-state index in [0.29, 0.717) is 34.9 Å². The maximum Gasteiger partial charge on any atom is 0.329 e. The van der Waals surface area contributed by atoms with Crippen molar-refractivity contribution < 1.29 is 32.2 Å². The van der Waals surface area contributed by atoms with Crippen molar-refractivity contribution in [1.82, 2.24) is 4.90 Å².